The van der Waals surface area contributed by atoms with E-state index in [9.17, 15) is 12.8 Å². The molecule has 3 aromatic rings. The lowest BCUT2D eigenvalue weighted by Gasteiger charge is -2.34. The van der Waals surface area contributed by atoms with E-state index in [1.54, 1.807) is 4.31 Å². The van der Waals surface area contributed by atoms with Gasteiger partial charge in [-0.25, -0.2) is 17.8 Å². The van der Waals surface area contributed by atoms with Crippen molar-refractivity contribution in [1.82, 2.24) is 18.8 Å². The van der Waals surface area contributed by atoms with Crippen LogP contribution in [0.25, 0.3) is 11.4 Å². The van der Waals surface area contributed by atoms with Crippen LogP contribution in [0.3, 0.4) is 0 Å². The Hall–Kier alpha value is -2.55. The van der Waals surface area contributed by atoms with E-state index < -0.39 is 10.0 Å². The molecule has 158 valence electrons. The number of nitrogens with zero attached hydrogens (tertiary/aromatic N) is 4. The summed E-state index contributed by atoms with van der Waals surface area (Å²) in [5, 5.41) is 0. The monoisotopic (exact) mass is 428 g/mol. The van der Waals surface area contributed by atoms with Gasteiger partial charge in [0, 0.05) is 57.2 Å². The molecule has 1 fully saturated rings. The average Bonchev–Trinajstić information content (AvgIpc) is 3.23. The molecule has 0 radical (unpaired) electrons. The number of aromatic nitrogens is 2. The topological polar surface area (TPSA) is 58.4 Å². The van der Waals surface area contributed by atoms with Crippen molar-refractivity contribution in [1.29, 1.82) is 0 Å². The zero-order chi connectivity index (χ0) is 21.0. The van der Waals surface area contributed by atoms with E-state index in [-0.39, 0.29) is 11.6 Å². The highest BCUT2D eigenvalue weighted by Crippen LogP contribution is 2.18. The van der Waals surface area contributed by atoms with Crippen molar-refractivity contribution in [3.8, 4) is 11.4 Å². The molecule has 0 atom stereocenters. The maximum absolute atomic E-state index is 13.0. The number of hydrogen-bond donors (Lipinski definition) is 0. The van der Waals surface area contributed by atoms with Gasteiger partial charge in [-0.15, -0.1) is 0 Å². The number of hydrogen-bond acceptors (Lipinski definition) is 4. The molecule has 0 aliphatic carbocycles. The second-order valence-electron chi connectivity index (χ2n) is 7.43. The second kappa shape index (κ2) is 9.07. The summed E-state index contributed by atoms with van der Waals surface area (Å²) < 4.78 is 42.1. The van der Waals surface area contributed by atoms with Crippen LogP contribution in [0.1, 0.15) is 5.56 Å². The third kappa shape index (κ3) is 4.95. The highest BCUT2D eigenvalue weighted by molar-refractivity contribution is 7.88. The number of benzene rings is 2. The molecule has 6 nitrogen and oxygen atoms in total. The first-order chi connectivity index (χ1) is 14.5. The summed E-state index contributed by atoms with van der Waals surface area (Å²) >= 11 is 0. The van der Waals surface area contributed by atoms with Gasteiger partial charge in [0.25, 0.3) is 0 Å². The predicted molar refractivity (Wildman–Crippen MR) is 115 cm³/mol. The Balaban J connectivity index is 1.30. The fraction of sp³-hybridized carbons (Fsp3) is 0.318. The minimum atomic E-state index is -3.40. The van der Waals surface area contributed by atoms with Crippen LogP contribution in [0.2, 0.25) is 0 Å². The van der Waals surface area contributed by atoms with Gasteiger partial charge in [0.1, 0.15) is 11.6 Å². The van der Waals surface area contributed by atoms with Crippen molar-refractivity contribution < 1.29 is 12.8 Å². The molecular weight excluding hydrogens is 403 g/mol. The SMILES string of the molecule is O=S(=O)(Cc1ccc(F)cc1)N1CCN(CCn2ccnc2-c2ccccc2)CC1. The Morgan fingerprint density at radius 2 is 1.60 bits per heavy atom. The van der Waals surface area contributed by atoms with E-state index >= 15 is 0 Å². The highest BCUT2D eigenvalue weighted by Gasteiger charge is 2.27. The lowest BCUT2D eigenvalue weighted by Crippen LogP contribution is -2.49. The average molecular weight is 429 g/mol. The zero-order valence-electron chi connectivity index (χ0n) is 16.7. The number of imidazole rings is 1. The molecule has 0 spiro atoms. The van der Waals surface area contributed by atoms with Crippen LogP contribution in [0, 0.1) is 5.82 Å². The lowest BCUT2D eigenvalue weighted by atomic mass is 10.2. The van der Waals surface area contributed by atoms with Crippen molar-refractivity contribution in [2.24, 2.45) is 0 Å². The van der Waals surface area contributed by atoms with Crippen LogP contribution >= 0.6 is 0 Å². The molecule has 30 heavy (non-hydrogen) atoms. The first kappa shape index (κ1) is 20.7. The third-order valence-corrected chi connectivity index (χ3v) is 7.24. The molecule has 4 rings (SSSR count). The quantitative estimate of drug-likeness (QED) is 0.581. The summed E-state index contributed by atoms with van der Waals surface area (Å²) in [5.41, 5.74) is 1.69. The number of piperazine rings is 1. The van der Waals surface area contributed by atoms with E-state index in [2.05, 4.69) is 14.5 Å². The van der Waals surface area contributed by atoms with Gasteiger partial charge in [0.2, 0.25) is 10.0 Å². The van der Waals surface area contributed by atoms with Crippen LogP contribution in [0.15, 0.2) is 67.0 Å². The molecular formula is C22H25FN4O2S. The van der Waals surface area contributed by atoms with Crippen molar-refractivity contribution in [3.63, 3.8) is 0 Å². The van der Waals surface area contributed by atoms with Crippen LogP contribution in [-0.4, -0.2) is 59.9 Å². The lowest BCUT2D eigenvalue weighted by molar-refractivity contribution is 0.183. The maximum Gasteiger partial charge on any atom is 0.218 e. The largest absolute Gasteiger partial charge is 0.330 e. The number of sulfonamides is 1. The number of rotatable bonds is 7. The molecule has 1 aliphatic rings. The Morgan fingerprint density at radius 1 is 0.900 bits per heavy atom. The molecule has 8 heteroatoms. The summed E-state index contributed by atoms with van der Waals surface area (Å²) in [6.07, 6.45) is 3.79. The van der Waals surface area contributed by atoms with Gasteiger partial charge in [-0.2, -0.15) is 4.31 Å². The fourth-order valence-electron chi connectivity index (χ4n) is 3.70. The van der Waals surface area contributed by atoms with Crippen molar-refractivity contribution in [3.05, 3.63) is 78.4 Å². The summed E-state index contributed by atoms with van der Waals surface area (Å²) in [5.74, 6) is 0.483. The molecule has 0 saturated carbocycles. The van der Waals surface area contributed by atoms with E-state index in [0.29, 0.717) is 31.7 Å². The van der Waals surface area contributed by atoms with Crippen LogP contribution in [-0.2, 0) is 22.3 Å². The van der Waals surface area contributed by atoms with Crippen molar-refractivity contribution in [2.45, 2.75) is 12.3 Å². The molecule has 2 heterocycles. The standard InChI is InChI=1S/C22H25FN4O2S/c23-21-8-6-19(7-9-21)18-30(28,29)27-16-13-25(14-17-27)12-15-26-11-10-24-22(26)20-4-2-1-3-5-20/h1-11H,12-18H2. The molecule has 0 N–H and O–H groups in total. The highest BCUT2D eigenvalue weighted by atomic mass is 32.2. The van der Waals surface area contributed by atoms with E-state index in [1.807, 2.05) is 42.7 Å². The second-order valence-corrected chi connectivity index (χ2v) is 9.40. The molecule has 1 saturated heterocycles. The first-order valence-corrected chi connectivity index (χ1v) is 11.6. The zero-order valence-corrected chi connectivity index (χ0v) is 17.5. The molecule has 1 aromatic heterocycles. The van der Waals surface area contributed by atoms with Crippen molar-refractivity contribution in [2.75, 3.05) is 32.7 Å². The van der Waals surface area contributed by atoms with Gasteiger partial charge < -0.3 is 4.57 Å². The van der Waals surface area contributed by atoms with Crippen LogP contribution in [0.5, 0.6) is 0 Å². The maximum atomic E-state index is 13.0. The van der Waals surface area contributed by atoms with E-state index in [0.717, 1.165) is 24.5 Å². The van der Waals surface area contributed by atoms with Crippen LogP contribution < -0.4 is 0 Å². The summed E-state index contributed by atoms with van der Waals surface area (Å²) in [6, 6.07) is 15.7. The Kier molecular flexibility index (Phi) is 6.26. The number of halogens is 1. The van der Waals surface area contributed by atoms with Gasteiger partial charge in [0.05, 0.1) is 5.75 Å². The summed E-state index contributed by atoms with van der Waals surface area (Å²) in [6.45, 7) is 3.96. The minimum absolute atomic E-state index is 0.0945. The van der Waals surface area contributed by atoms with E-state index in [4.69, 9.17) is 0 Å². The molecule has 0 bridgehead atoms. The van der Waals surface area contributed by atoms with Gasteiger partial charge in [-0.05, 0) is 17.7 Å². The van der Waals surface area contributed by atoms with Gasteiger partial charge >= 0.3 is 0 Å². The normalized spacial score (nSPS) is 16.0. The summed E-state index contributed by atoms with van der Waals surface area (Å²) in [4.78, 5) is 6.75. The smallest absolute Gasteiger partial charge is 0.218 e. The van der Waals surface area contributed by atoms with Gasteiger partial charge in [-0.1, -0.05) is 42.5 Å². The predicted octanol–water partition coefficient (Wildman–Crippen LogP) is 2.84. The van der Waals surface area contributed by atoms with E-state index in [1.165, 1.54) is 24.3 Å². The Bertz CT molecular complexity index is 1060. The fourth-order valence-corrected chi connectivity index (χ4v) is 5.22. The minimum Gasteiger partial charge on any atom is -0.330 e. The summed E-state index contributed by atoms with van der Waals surface area (Å²) in [7, 11) is -3.40. The molecule has 2 aromatic carbocycles. The molecule has 0 amide bonds. The Morgan fingerprint density at radius 3 is 2.30 bits per heavy atom. The third-order valence-electron chi connectivity index (χ3n) is 5.39. The van der Waals surface area contributed by atoms with Gasteiger partial charge in [0.15, 0.2) is 0 Å². The van der Waals surface area contributed by atoms with Gasteiger partial charge in [-0.3, -0.25) is 4.90 Å². The van der Waals surface area contributed by atoms with Crippen molar-refractivity contribution >= 4 is 10.0 Å². The van der Waals surface area contributed by atoms with Crippen LogP contribution in [0.4, 0.5) is 4.39 Å². The molecule has 0 unspecified atom stereocenters. The Labute approximate surface area is 176 Å². The molecule has 1 aliphatic heterocycles. The first-order valence-electron chi connectivity index (χ1n) is 10.0.